The molecule has 0 aromatic rings. The summed E-state index contributed by atoms with van der Waals surface area (Å²) in [5, 5.41) is 0. The SMILES string of the molecule is COC(CCC(C)C/C=C/C(C)=C/C(=O)OC(C)C)C(C)(C)OC. The quantitative estimate of drug-likeness (QED) is 0.311. The van der Waals surface area contributed by atoms with Crippen molar-refractivity contribution in [1.82, 2.24) is 0 Å². The van der Waals surface area contributed by atoms with E-state index in [1.165, 1.54) is 6.08 Å². The van der Waals surface area contributed by atoms with Gasteiger partial charge >= 0.3 is 5.97 Å². The van der Waals surface area contributed by atoms with E-state index in [0.717, 1.165) is 24.8 Å². The highest BCUT2D eigenvalue weighted by Gasteiger charge is 2.29. The maximum Gasteiger partial charge on any atom is 0.331 e. The summed E-state index contributed by atoms with van der Waals surface area (Å²) in [5.41, 5.74) is 0.628. The van der Waals surface area contributed by atoms with Crippen LogP contribution in [0.1, 0.15) is 60.8 Å². The molecule has 2 unspecified atom stereocenters. The van der Waals surface area contributed by atoms with Crippen LogP contribution in [0, 0.1) is 5.92 Å². The summed E-state index contributed by atoms with van der Waals surface area (Å²) in [5.74, 6) is 0.256. The first-order chi connectivity index (χ1) is 11.1. The van der Waals surface area contributed by atoms with Crippen LogP contribution in [-0.2, 0) is 19.0 Å². The molecule has 0 N–H and O–H groups in total. The minimum Gasteiger partial charge on any atom is -0.460 e. The molecule has 0 fully saturated rings. The Kier molecular flexibility index (Phi) is 10.9. The van der Waals surface area contributed by atoms with Gasteiger partial charge in [0.15, 0.2) is 0 Å². The van der Waals surface area contributed by atoms with Crippen molar-refractivity contribution < 1.29 is 19.0 Å². The Hall–Kier alpha value is -1.13. The lowest BCUT2D eigenvalue weighted by molar-refractivity contribution is -0.141. The molecule has 0 bridgehead atoms. The number of allylic oxidation sites excluding steroid dienone is 3. The van der Waals surface area contributed by atoms with Crippen LogP contribution < -0.4 is 0 Å². The maximum absolute atomic E-state index is 11.5. The van der Waals surface area contributed by atoms with E-state index in [4.69, 9.17) is 14.2 Å². The highest BCUT2D eigenvalue weighted by molar-refractivity contribution is 5.83. The smallest absolute Gasteiger partial charge is 0.331 e. The van der Waals surface area contributed by atoms with Gasteiger partial charge in [0.05, 0.1) is 17.8 Å². The summed E-state index contributed by atoms with van der Waals surface area (Å²) in [6.07, 6.45) is 8.61. The van der Waals surface area contributed by atoms with E-state index in [0.29, 0.717) is 5.92 Å². The molecule has 0 heterocycles. The van der Waals surface area contributed by atoms with E-state index in [2.05, 4.69) is 26.8 Å². The number of rotatable bonds is 11. The van der Waals surface area contributed by atoms with Gasteiger partial charge < -0.3 is 14.2 Å². The zero-order chi connectivity index (χ0) is 18.8. The third-order valence-electron chi connectivity index (χ3n) is 4.12. The van der Waals surface area contributed by atoms with Gasteiger partial charge in [-0.05, 0) is 65.4 Å². The second kappa shape index (κ2) is 11.4. The van der Waals surface area contributed by atoms with Gasteiger partial charge in [-0.25, -0.2) is 4.79 Å². The van der Waals surface area contributed by atoms with Gasteiger partial charge in [0.1, 0.15) is 0 Å². The molecule has 0 aromatic heterocycles. The van der Waals surface area contributed by atoms with Gasteiger partial charge in [0.25, 0.3) is 0 Å². The average Bonchev–Trinajstić information content (AvgIpc) is 2.46. The van der Waals surface area contributed by atoms with E-state index >= 15 is 0 Å². The van der Waals surface area contributed by atoms with Gasteiger partial charge in [-0.15, -0.1) is 0 Å². The molecule has 24 heavy (non-hydrogen) atoms. The molecule has 140 valence electrons. The molecular formula is C20H36O4. The van der Waals surface area contributed by atoms with Crippen LogP contribution in [0.2, 0.25) is 0 Å². The lowest BCUT2D eigenvalue weighted by Gasteiger charge is -2.32. The number of carbonyl (C=O) groups excluding carboxylic acids is 1. The van der Waals surface area contributed by atoms with Crippen molar-refractivity contribution >= 4 is 5.97 Å². The topological polar surface area (TPSA) is 44.8 Å². The van der Waals surface area contributed by atoms with Crippen molar-refractivity contribution in [2.45, 2.75) is 78.6 Å². The first-order valence-corrected chi connectivity index (χ1v) is 8.75. The highest BCUT2D eigenvalue weighted by atomic mass is 16.5. The van der Waals surface area contributed by atoms with E-state index in [1.807, 2.05) is 26.8 Å². The lowest BCUT2D eigenvalue weighted by atomic mass is 9.92. The Balaban J connectivity index is 4.31. The van der Waals surface area contributed by atoms with Gasteiger partial charge in [-0.3, -0.25) is 0 Å². The van der Waals surface area contributed by atoms with E-state index in [-0.39, 0.29) is 23.8 Å². The summed E-state index contributed by atoms with van der Waals surface area (Å²) in [6.45, 7) is 11.9. The number of hydrogen-bond donors (Lipinski definition) is 0. The normalized spacial score (nSPS) is 15.8. The molecule has 0 spiro atoms. The maximum atomic E-state index is 11.5. The zero-order valence-corrected chi connectivity index (χ0v) is 16.7. The van der Waals surface area contributed by atoms with E-state index < -0.39 is 0 Å². The molecule has 0 saturated carbocycles. The first-order valence-electron chi connectivity index (χ1n) is 8.75. The van der Waals surface area contributed by atoms with Gasteiger partial charge in [-0.2, -0.15) is 0 Å². The van der Waals surface area contributed by atoms with Crippen LogP contribution >= 0.6 is 0 Å². The third kappa shape index (κ3) is 9.89. The monoisotopic (exact) mass is 340 g/mol. The van der Waals surface area contributed by atoms with E-state index in [1.54, 1.807) is 14.2 Å². The molecule has 0 saturated heterocycles. The molecule has 0 amide bonds. The van der Waals surface area contributed by atoms with Crippen LogP contribution in [-0.4, -0.2) is 38.0 Å². The fraction of sp³-hybridized carbons (Fsp3) is 0.750. The molecule has 4 heteroatoms. The number of hydrogen-bond acceptors (Lipinski definition) is 4. The average molecular weight is 341 g/mol. The minimum atomic E-state index is -0.287. The van der Waals surface area contributed by atoms with Crippen LogP contribution in [0.25, 0.3) is 0 Å². The standard InChI is InChI=1S/C20H36O4/c1-15(2)24-19(21)14-17(4)11-9-10-16(3)12-13-18(22-7)20(5,6)23-8/h9,11,14-16,18H,10,12-13H2,1-8H3/b11-9+,17-14+. The van der Waals surface area contributed by atoms with Crippen LogP contribution in [0.3, 0.4) is 0 Å². The number of carbonyl (C=O) groups is 1. The second-order valence-electron chi connectivity index (χ2n) is 7.23. The predicted octanol–water partition coefficient (Wildman–Crippen LogP) is 4.69. The Morgan fingerprint density at radius 3 is 2.25 bits per heavy atom. The molecule has 0 rings (SSSR count). The molecule has 0 aliphatic rings. The van der Waals surface area contributed by atoms with Crippen molar-refractivity contribution in [2.24, 2.45) is 5.92 Å². The molecule has 0 aromatic carbocycles. The summed E-state index contributed by atoms with van der Waals surface area (Å²) in [7, 11) is 3.46. The Labute approximate surface area is 148 Å². The third-order valence-corrected chi connectivity index (χ3v) is 4.12. The summed E-state index contributed by atoms with van der Waals surface area (Å²) >= 11 is 0. The van der Waals surface area contributed by atoms with Crippen molar-refractivity contribution in [3.63, 3.8) is 0 Å². The summed E-state index contributed by atoms with van der Waals surface area (Å²) in [4.78, 5) is 11.5. The molecular weight excluding hydrogens is 304 g/mol. The largest absolute Gasteiger partial charge is 0.460 e. The zero-order valence-electron chi connectivity index (χ0n) is 16.7. The molecule has 0 aliphatic heterocycles. The minimum absolute atomic E-state index is 0.0846. The molecule has 0 aliphatic carbocycles. The fourth-order valence-corrected chi connectivity index (χ4v) is 2.42. The molecule has 4 nitrogen and oxygen atoms in total. The number of methoxy groups -OCH3 is 2. The summed E-state index contributed by atoms with van der Waals surface area (Å²) in [6, 6.07) is 0. The molecule has 2 atom stereocenters. The fourth-order valence-electron chi connectivity index (χ4n) is 2.42. The van der Waals surface area contributed by atoms with E-state index in [9.17, 15) is 4.79 Å². The first kappa shape index (κ1) is 22.9. The number of ether oxygens (including phenoxy) is 3. The number of esters is 1. The summed E-state index contributed by atoms with van der Waals surface area (Å²) < 4.78 is 16.2. The van der Waals surface area contributed by atoms with Crippen molar-refractivity contribution in [1.29, 1.82) is 0 Å². The van der Waals surface area contributed by atoms with Crippen LogP contribution in [0.15, 0.2) is 23.8 Å². The van der Waals surface area contributed by atoms with Crippen LogP contribution in [0.4, 0.5) is 0 Å². The Bertz CT molecular complexity index is 421. The Morgan fingerprint density at radius 1 is 1.12 bits per heavy atom. The lowest BCUT2D eigenvalue weighted by Crippen LogP contribution is -2.39. The second-order valence-corrected chi connectivity index (χ2v) is 7.23. The van der Waals surface area contributed by atoms with Crippen molar-refractivity contribution in [3.8, 4) is 0 Å². The van der Waals surface area contributed by atoms with Crippen LogP contribution in [0.5, 0.6) is 0 Å². The van der Waals surface area contributed by atoms with Gasteiger partial charge in [0, 0.05) is 20.3 Å². The Morgan fingerprint density at radius 2 is 1.75 bits per heavy atom. The van der Waals surface area contributed by atoms with Gasteiger partial charge in [-0.1, -0.05) is 19.1 Å². The highest BCUT2D eigenvalue weighted by Crippen LogP contribution is 2.23. The molecule has 0 radical (unpaired) electrons. The van der Waals surface area contributed by atoms with Crippen molar-refractivity contribution in [2.75, 3.05) is 14.2 Å². The van der Waals surface area contributed by atoms with Crippen molar-refractivity contribution in [3.05, 3.63) is 23.8 Å². The predicted molar refractivity (Wildman–Crippen MR) is 99.0 cm³/mol. The van der Waals surface area contributed by atoms with Gasteiger partial charge in [0.2, 0.25) is 0 Å².